The highest BCUT2D eigenvalue weighted by Gasteiger charge is 2.13. The smallest absolute Gasteiger partial charge is 0.376 e. The van der Waals surface area contributed by atoms with E-state index in [0.717, 1.165) is 5.69 Å². The summed E-state index contributed by atoms with van der Waals surface area (Å²) in [5.74, 6) is -0.0935. The van der Waals surface area contributed by atoms with Crippen LogP contribution in [-0.2, 0) is 11.2 Å². The number of carbonyl (C=O) groups is 1. The molecular formula is C10H14N2O3. The van der Waals surface area contributed by atoms with E-state index in [4.69, 9.17) is 9.47 Å². The standard InChI is InChI=1S/C10H14N2O3/c1-4-7-6-8(14-3)12-9(11-7)10(13)15-5-2/h6H,4-5H2,1-3H3. The predicted molar refractivity (Wildman–Crippen MR) is 53.9 cm³/mol. The Labute approximate surface area is 88.4 Å². The molecule has 1 aromatic heterocycles. The Bertz CT molecular complexity index is 330. The average molecular weight is 210 g/mol. The fourth-order valence-corrected chi connectivity index (χ4v) is 1.05. The maximum atomic E-state index is 11.4. The molecule has 5 nitrogen and oxygen atoms in total. The molecule has 0 aromatic carbocycles. The molecule has 15 heavy (non-hydrogen) atoms. The molecule has 1 heterocycles. The van der Waals surface area contributed by atoms with Gasteiger partial charge in [-0.05, 0) is 13.3 Å². The van der Waals surface area contributed by atoms with Crippen LogP contribution in [0.4, 0.5) is 0 Å². The van der Waals surface area contributed by atoms with Crippen molar-refractivity contribution in [2.24, 2.45) is 0 Å². The van der Waals surface area contributed by atoms with Crippen LogP contribution in [0.15, 0.2) is 6.07 Å². The zero-order valence-electron chi connectivity index (χ0n) is 9.11. The third-order valence-electron chi connectivity index (χ3n) is 1.79. The van der Waals surface area contributed by atoms with Crippen LogP contribution in [0.2, 0.25) is 0 Å². The molecule has 0 N–H and O–H groups in total. The van der Waals surface area contributed by atoms with E-state index in [1.54, 1.807) is 13.0 Å². The summed E-state index contributed by atoms with van der Waals surface area (Å²) in [5, 5.41) is 0. The lowest BCUT2D eigenvalue weighted by atomic mass is 10.3. The van der Waals surface area contributed by atoms with Crippen LogP contribution in [0.1, 0.15) is 30.2 Å². The zero-order valence-corrected chi connectivity index (χ0v) is 9.11. The van der Waals surface area contributed by atoms with Crippen LogP contribution in [-0.4, -0.2) is 29.7 Å². The second-order valence-electron chi connectivity index (χ2n) is 2.80. The fourth-order valence-electron chi connectivity index (χ4n) is 1.05. The van der Waals surface area contributed by atoms with Gasteiger partial charge in [-0.1, -0.05) is 6.92 Å². The second kappa shape index (κ2) is 5.29. The molecule has 0 aliphatic carbocycles. The number of aryl methyl sites for hydroxylation is 1. The molecule has 0 aliphatic heterocycles. The Hall–Kier alpha value is -1.65. The van der Waals surface area contributed by atoms with Gasteiger partial charge in [0.2, 0.25) is 11.7 Å². The van der Waals surface area contributed by atoms with Crippen LogP contribution in [0.3, 0.4) is 0 Å². The highest BCUT2D eigenvalue weighted by molar-refractivity contribution is 5.85. The van der Waals surface area contributed by atoms with Gasteiger partial charge in [-0.15, -0.1) is 0 Å². The minimum absolute atomic E-state index is 0.0491. The molecule has 5 heteroatoms. The lowest BCUT2D eigenvalue weighted by molar-refractivity contribution is 0.0510. The summed E-state index contributed by atoms with van der Waals surface area (Å²) in [4.78, 5) is 19.3. The fraction of sp³-hybridized carbons (Fsp3) is 0.500. The first-order valence-electron chi connectivity index (χ1n) is 4.80. The number of nitrogens with zero attached hydrogens (tertiary/aromatic N) is 2. The molecule has 0 amide bonds. The highest BCUT2D eigenvalue weighted by atomic mass is 16.5. The van der Waals surface area contributed by atoms with E-state index in [1.165, 1.54) is 7.11 Å². The summed E-state index contributed by atoms with van der Waals surface area (Å²) in [5.41, 5.74) is 0.755. The third-order valence-corrected chi connectivity index (χ3v) is 1.79. The van der Waals surface area contributed by atoms with Gasteiger partial charge in [0.15, 0.2) is 0 Å². The number of ether oxygens (including phenoxy) is 2. The monoisotopic (exact) mass is 210 g/mol. The molecule has 0 saturated heterocycles. The first-order valence-corrected chi connectivity index (χ1v) is 4.80. The zero-order chi connectivity index (χ0) is 11.3. The van der Waals surface area contributed by atoms with Gasteiger partial charge in [-0.25, -0.2) is 9.78 Å². The van der Waals surface area contributed by atoms with Gasteiger partial charge in [0, 0.05) is 11.8 Å². The Morgan fingerprint density at radius 1 is 1.40 bits per heavy atom. The number of carbonyl (C=O) groups excluding carboxylic acids is 1. The topological polar surface area (TPSA) is 61.3 Å². The quantitative estimate of drug-likeness (QED) is 0.699. The Kier molecular flexibility index (Phi) is 4.03. The first kappa shape index (κ1) is 11.4. The lowest BCUT2D eigenvalue weighted by Gasteiger charge is -2.05. The van der Waals surface area contributed by atoms with Crippen molar-refractivity contribution in [3.63, 3.8) is 0 Å². The molecule has 0 spiro atoms. The van der Waals surface area contributed by atoms with Crippen LogP contribution in [0.25, 0.3) is 0 Å². The van der Waals surface area contributed by atoms with Gasteiger partial charge in [0.05, 0.1) is 13.7 Å². The largest absolute Gasteiger partial charge is 0.481 e. The molecule has 0 unspecified atom stereocenters. The van der Waals surface area contributed by atoms with Crippen LogP contribution >= 0.6 is 0 Å². The second-order valence-corrected chi connectivity index (χ2v) is 2.80. The number of esters is 1. The van der Waals surface area contributed by atoms with Gasteiger partial charge in [-0.2, -0.15) is 4.98 Å². The number of rotatable bonds is 4. The normalized spacial score (nSPS) is 9.80. The Morgan fingerprint density at radius 2 is 2.13 bits per heavy atom. The van der Waals surface area contributed by atoms with Crippen molar-refractivity contribution in [2.45, 2.75) is 20.3 Å². The summed E-state index contributed by atoms with van der Waals surface area (Å²) in [6.45, 7) is 3.98. The van der Waals surface area contributed by atoms with Crippen molar-refractivity contribution in [1.29, 1.82) is 0 Å². The van der Waals surface area contributed by atoms with Gasteiger partial charge < -0.3 is 9.47 Å². The highest BCUT2D eigenvalue weighted by Crippen LogP contribution is 2.10. The first-order chi connectivity index (χ1) is 7.21. The van der Waals surface area contributed by atoms with Gasteiger partial charge >= 0.3 is 5.97 Å². The number of aromatic nitrogens is 2. The molecule has 0 aliphatic rings. The summed E-state index contributed by atoms with van der Waals surface area (Å²) in [6, 6.07) is 1.70. The molecule has 0 bridgehead atoms. The van der Waals surface area contributed by atoms with E-state index in [0.29, 0.717) is 18.9 Å². The summed E-state index contributed by atoms with van der Waals surface area (Å²) < 4.78 is 9.77. The van der Waals surface area contributed by atoms with E-state index < -0.39 is 5.97 Å². The molecule has 0 fully saturated rings. The molecule has 1 rings (SSSR count). The van der Waals surface area contributed by atoms with Crippen molar-refractivity contribution in [3.05, 3.63) is 17.6 Å². The maximum absolute atomic E-state index is 11.4. The van der Waals surface area contributed by atoms with Gasteiger partial charge in [-0.3, -0.25) is 0 Å². The Balaban J connectivity index is 3.01. The maximum Gasteiger partial charge on any atom is 0.376 e. The number of hydrogen-bond acceptors (Lipinski definition) is 5. The van der Waals surface area contributed by atoms with E-state index >= 15 is 0 Å². The molecular weight excluding hydrogens is 196 g/mol. The van der Waals surface area contributed by atoms with E-state index in [2.05, 4.69) is 9.97 Å². The van der Waals surface area contributed by atoms with Crippen molar-refractivity contribution >= 4 is 5.97 Å². The molecule has 0 saturated carbocycles. The molecule has 82 valence electrons. The minimum Gasteiger partial charge on any atom is -0.481 e. The molecule has 0 atom stereocenters. The van der Waals surface area contributed by atoms with Crippen LogP contribution < -0.4 is 4.74 Å². The van der Waals surface area contributed by atoms with Gasteiger partial charge in [0.25, 0.3) is 0 Å². The van der Waals surface area contributed by atoms with E-state index in [1.807, 2.05) is 6.92 Å². The number of hydrogen-bond donors (Lipinski definition) is 0. The number of methoxy groups -OCH3 is 1. The van der Waals surface area contributed by atoms with Crippen LogP contribution in [0.5, 0.6) is 5.88 Å². The summed E-state index contributed by atoms with van der Waals surface area (Å²) >= 11 is 0. The van der Waals surface area contributed by atoms with E-state index in [9.17, 15) is 4.79 Å². The molecule has 0 radical (unpaired) electrons. The van der Waals surface area contributed by atoms with Crippen molar-refractivity contribution < 1.29 is 14.3 Å². The minimum atomic E-state index is -0.522. The van der Waals surface area contributed by atoms with Crippen molar-refractivity contribution in [3.8, 4) is 5.88 Å². The van der Waals surface area contributed by atoms with Gasteiger partial charge in [0.1, 0.15) is 0 Å². The average Bonchev–Trinajstić information content (AvgIpc) is 2.28. The Morgan fingerprint density at radius 3 is 2.67 bits per heavy atom. The summed E-state index contributed by atoms with van der Waals surface area (Å²) in [7, 11) is 1.50. The van der Waals surface area contributed by atoms with Crippen LogP contribution in [0, 0.1) is 0 Å². The van der Waals surface area contributed by atoms with Crippen molar-refractivity contribution in [1.82, 2.24) is 9.97 Å². The lowest BCUT2D eigenvalue weighted by Crippen LogP contribution is -2.11. The van der Waals surface area contributed by atoms with E-state index in [-0.39, 0.29) is 5.82 Å². The summed E-state index contributed by atoms with van der Waals surface area (Å²) in [6.07, 6.45) is 0.714. The molecule has 1 aromatic rings. The van der Waals surface area contributed by atoms with Crippen molar-refractivity contribution in [2.75, 3.05) is 13.7 Å². The third kappa shape index (κ3) is 2.90. The predicted octanol–water partition coefficient (Wildman–Crippen LogP) is 1.22. The SMILES string of the molecule is CCOC(=O)c1nc(CC)cc(OC)n1.